The lowest BCUT2D eigenvalue weighted by molar-refractivity contribution is -0.144. The molecule has 0 aromatic carbocycles. The number of hydrogen-bond acceptors (Lipinski definition) is 4. The standard InChI is InChI=1S/C13H17NO5S/c1-2-4-9(13(18)19)14(7-6-11(15)16)12(17)10-5-3-8-20-10/h3,5,8-9H,2,4,6-7H2,1H3,(H,15,16)(H,18,19). The van der Waals surface area contributed by atoms with E-state index in [4.69, 9.17) is 5.11 Å². The van der Waals surface area contributed by atoms with Crippen LogP contribution in [0.5, 0.6) is 0 Å². The minimum absolute atomic E-state index is 0.108. The molecular formula is C13H17NO5S. The molecule has 0 saturated heterocycles. The summed E-state index contributed by atoms with van der Waals surface area (Å²) in [6.45, 7) is 1.71. The van der Waals surface area contributed by atoms with Gasteiger partial charge >= 0.3 is 11.9 Å². The first-order valence-corrected chi connectivity index (χ1v) is 7.14. The highest BCUT2D eigenvalue weighted by molar-refractivity contribution is 7.12. The van der Waals surface area contributed by atoms with Gasteiger partial charge in [-0.1, -0.05) is 19.4 Å². The quantitative estimate of drug-likeness (QED) is 0.764. The fraction of sp³-hybridized carbons (Fsp3) is 0.462. The lowest BCUT2D eigenvalue weighted by Crippen LogP contribution is -2.45. The van der Waals surface area contributed by atoms with Gasteiger partial charge in [-0.2, -0.15) is 0 Å². The van der Waals surface area contributed by atoms with Gasteiger partial charge in [-0.25, -0.2) is 4.79 Å². The van der Waals surface area contributed by atoms with Gasteiger partial charge in [-0.3, -0.25) is 9.59 Å². The second-order valence-electron chi connectivity index (χ2n) is 4.26. The van der Waals surface area contributed by atoms with Crippen molar-refractivity contribution in [2.75, 3.05) is 6.54 Å². The molecule has 20 heavy (non-hydrogen) atoms. The summed E-state index contributed by atoms with van der Waals surface area (Å²) in [4.78, 5) is 35.9. The number of rotatable bonds is 8. The molecule has 0 aliphatic rings. The molecule has 2 N–H and O–H groups in total. The highest BCUT2D eigenvalue weighted by Gasteiger charge is 2.30. The Labute approximate surface area is 120 Å². The van der Waals surface area contributed by atoms with Crippen LogP contribution in [0.25, 0.3) is 0 Å². The normalized spacial score (nSPS) is 11.8. The molecule has 0 saturated carbocycles. The molecule has 0 aliphatic carbocycles. The maximum atomic E-state index is 12.3. The third-order valence-electron chi connectivity index (χ3n) is 2.78. The second-order valence-corrected chi connectivity index (χ2v) is 5.21. The van der Waals surface area contributed by atoms with Crippen molar-refractivity contribution in [3.8, 4) is 0 Å². The minimum atomic E-state index is -1.11. The average molecular weight is 299 g/mol. The molecule has 1 aromatic heterocycles. The third kappa shape index (κ3) is 4.34. The Morgan fingerprint density at radius 1 is 1.35 bits per heavy atom. The van der Waals surface area contributed by atoms with Crippen LogP contribution >= 0.6 is 11.3 Å². The van der Waals surface area contributed by atoms with Gasteiger partial charge in [0.25, 0.3) is 5.91 Å². The van der Waals surface area contributed by atoms with E-state index in [2.05, 4.69) is 0 Å². The van der Waals surface area contributed by atoms with Crippen LogP contribution in [0.2, 0.25) is 0 Å². The minimum Gasteiger partial charge on any atom is -0.481 e. The van der Waals surface area contributed by atoms with Crippen molar-refractivity contribution in [1.29, 1.82) is 0 Å². The van der Waals surface area contributed by atoms with Crippen molar-refractivity contribution in [3.05, 3.63) is 22.4 Å². The molecule has 1 aromatic rings. The summed E-state index contributed by atoms with van der Waals surface area (Å²) in [5.74, 6) is -2.60. The smallest absolute Gasteiger partial charge is 0.326 e. The van der Waals surface area contributed by atoms with E-state index in [1.54, 1.807) is 17.5 Å². The molecule has 6 nitrogen and oxygen atoms in total. The lowest BCUT2D eigenvalue weighted by atomic mass is 10.1. The van der Waals surface area contributed by atoms with Crippen LogP contribution in [0.15, 0.2) is 17.5 Å². The summed E-state index contributed by atoms with van der Waals surface area (Å²) in [6.07, 6.45) is 0.620. The molecule has 1 atom stereocenters. The van der Waals surface area contributed by atoms with Crippen molar-refractivity contribution in [2.45, 2.75) is 32.2 Å². The van der Waals surface area contributed by atoms with Gasteiger partial charge in [0.15, 0.2) is 0 Å². The first kappa shape index (κ1) is 16.2. The Morgan fingerprint density at radius 2 is 2.05 bits per heavy atom. The largest absolute Gasteiger partial charge is 0.481 e. The van der Waals surface area contributed by atoms with Crippen LogP contribution in [-0.2, 0) is 9.59 Å². The maximum Gasteiger partial charge on any atom is 0.326 e. The van der Waals surface area contributed by atoms with E-state index in [1.165, 1.54) is 11.3 Å². The summed E-state index contributed by atoms with van der Waals surface area (Å²) >= 11 is 1.21. The number of carboxylic acids is 2. The van der Waals surface area contributed by atoms with E-state index in [0.29, 0.717) is 17.7 Å². The molecule has 1 rings (SSSR count). The van der Waals surface area contributed by atoms with Gasteiger partial charge in [0.1, 0.15) is 6.04 Å². The molecule has 0 fully saturated rings. The van der Waals surface area contributed by atoms with Crippen molar-refractivity contribution in [3.63, 3.8) is 0 Å². The number of carboxylic acid groups (broad SMARTS) is 2. The van der Waals surface area contributed by atoms with Crippen molar-refractivity contribution in [2.24, 2.45) is 0 Å². The Bertz CT molecular complexity index is 471. The predicted molar refractivity (Wildman–Crippen MR) is 73.9 cm³/mol. The van der Waals surface area contributed by atoms with E-state index in [0.717, 1.165) is 4.90 Å². The molecule has 110 valence electrons. The zero-order chi connectivity index (χ0) is 15.1. The molecule has 0 aliphatic heterocycles. The Balaban J connectivity index is 2.96. The van der Waals surface area contributed by atoms with Gasteiger partial charge in [0.05, 0.1) is 11.3 Å². The van der Waals surface area contributed by atoms with Crippen LogP contribution in [0.4, 0.5) is 0 Å². The number of thiophene rings is 1. The molecule has 1 amide bonds. The summed E-state index contributed by atoms with van der Waals surface area (Å²) in [5, 5.41) is 19.7. The molecule has 1 unspecified atom stereocenters. The van der Waals surface area contributed by atoms with E-state index < -0.39 is 23.9 Å². The molecule has 0 spiro atoms. The van der Waals surface area contributed by atoms with Gasteiger partial charge < -0.3 is 15.1 Å². The Morgan fingerprint density at radius 3 is 2.50 bits per heavy atom. The third-order valence-corrected chi connectivity index (χ3v) is 3.64. The van der Waals surface area contributed by atoms with Crippen LogP contribution in [0, 0.1) is 0 Å². The zero-order valence-corrected chi connectivity index (χ0v) is 11.9. The van der Waals surface area contributed by atoms with E-state index in [-0.39, 0.29) is 13.0 Å². The van der Waals surface area contributed by atoms with Crippen molar-refractivity contribution in [1.82, 2.24) is 4.90 Å². The zero-order valence-electron chi connectivity index (χ0n) is 11.1. The Kier molecular flexibility index (Phi) is 6.17. The van der Waals surface area contributed by atoms with Gasteiger partial charge in [0.2, 0.25) is 0 Å². The summed E-state index contributed by atoms with van der Waals surface area (Å²) < 4.78 is 0. The molecule has 0 bridgehead atoms. The lowest BCUT2D eigenvalue weighted by Gasteiger charge is -2.28. The number of hydrogen-bond donors (Lipinski definition) is 2. The fourth-order valence-electron chi connectivity index (χ4n) is 1.84. The highest BCUT2D eigenvalue weighted by Crippen LogP contribution is 2.17. The van der Waals surface area contributed by atoms with Crippen molar-refractivity contribution < 1.29 is 24.6 Å². The topological polar surface area (TPSA) is 94.9 Å². The number of carbonyl (C=O) groups is 3. The van der Waals surface area contributed by atoms with Gasteiger partial charge in [0, 0.05) is 6.54 Å². The summed E-state index contributed by atoms with van der Waals surface area (Å²) in [5.41, 5.74) is 0. The number of nitrogens with zero attached hydrogens (tertiary/aromatic N) is 1. The van der Waals surface area contributed by atoms with Crippen LogP contribution in [0.3, 0.4) is 0 Å². The van der Waals surface area contributed by atoms with Crippen molar-refractivity contribution >= 4 is 29.2 Å². The maximum absolute atomic E-state index is 12.3. The molecular weight excluding hydrogens is 282 g/mol. The SMILES string of the molecule is CCCC(C(=O)O)N(CCC(=O)O)C(=O)c1cccs1. The summed E-state index contributed by atoms with van der Waals surface area (Å²) in [7, 11) is 0. The highest BCUT2D eigenvalue weighted by atomic mass is 32.1. The second kappa shape index (κ2) is 7.64. The van der Waals surface area contributed by atoms with Crippen LogP contribution in [0.1, 0.15) is 35.9 Å². The molecule has 7 heteroatoms. The average Bonchev–Trinajstić information content (AvgIpc) is 2.90. The molecule has 0 radical (unpaired) electrons. The number of carbonyl (C=O) groups excluding carboxylic acids is 1. The number of amides is 1. The van der Waals surface area contributed by atoms with Gasteiger partial charge in [-0.15, -0.1) is 11.3 Å². The van der Waals surface area contributed by atoms with Gasteiger partial charge in [-0.05, 0) is 17.9 Å². The van der Waals surface area contributed by atoms with E-state index >= 15 is 0 Å². The molecule has 1 heterocycles. The fourth-order valence-corrected chi connectivity index (χ4v) is 2.52. The van der Waals surface area contributed by atoms with E-state index in [9.17, 15) is 19.5 Å². The first-order chi connectivity index (χ1) is 9.47. The summed E-state index contributed by atoms with van der Waals surface area (Å²) in [6, 6.07) is 2.31. The first-order valence-electron chi connectivity index (χ1n) is 6.26. The van der Waals surface area contributed by atoms with E-state index in [1.807, 2.05) is 6.92 Å². The monoisotopic (exact) mass is 299 g/mol. The predicted octanol–water partition coefficient (Wildman–Crippen LogP) is 1.92. The Hall–Kier alpha value is -1.89. The number of aliphatic carboxylic acids is 2. The van der Waals surface area contributed by atoms with Crippen LogP contribution < -0.4 is 0 Å². The van der Waals surface area contributed by atoms with Crippen LogP contribution in [-0.4, -0.2) is 45.5 Å².